The summed E-state index contributed by atoms with van der Waals surface area (Å²) in [5.74, 6) is -1.21. The molecule has 1 atom stereocenters. The van der Waals surface area contributed by atoms with Gasteiger partial charge in [-0.2, -0.15) is 0 Å². The number of nitrogens with zero attached hydrogens (tertiary/aromatic N) is 2. The lowest BCUT2D eigenvalue weighted by atomic mass is 10.1. The maximum Gasteiger partial charge on any atom is 0.264 e. The summed E-state index contributed by atoms with van der Waals surface area (Å²) < 4.78 is 54.3. The number of hydrogen-bond donors (Lipinski definition) is 1. The van der Waals surface area contributed by atoms with Crippen molar-refractivity contribution in [3.63, 3.8) is 0 Å². The molecule has 3 rings (SSSR count). The van der Waals surface area contributed by atoms with Gasteiger partial charge in [0.05, 0.1) is 24.8 Å². The zero-order valence-electron chi connectivity index (χ0n) is 23.2. The number of halogens is 1. The molecule has 2 amide bonds. The molecule has 0 aromatic heterocycles. The summed E-state index contributed by atoms with van der Waals surface area (Å²) in [5, 5.41) is 2.67. The van der Waals surface area contributed by atoms with Gasteiger partial charge in [0, 0.05) is 24.7 Å². The second kappa shape index (κ2) is 13.3. The molecular weight excluding hydrogens is 537 g/mol. The van der Waals surface area contributed by atoms with Crippen LogP contribution in [0.4, 0.5) is 10.1 Å². The average Bonchev–Trinajstić information content (AvgIpc) is 2.94. The minimum Gasteiger partial charge on any atom is -0.497 e. The van der Waals surface area contributed by atoms with Crippen molar-refractivity contribution in [2.75, 3.05) is 31.6 Å². The number of hydrogen-bond acceptors (Lipinski definition) is 6. The smallest absolute Gasteiger partial charge is 0.264 e. The van der Waals surface area contributed by atoms with Crippen LogP contribution in [0.5, 0.6) is 11.5 Å². The van der Waals surface area contributed by atoms with Crippen LogP contribution in [0.3, 0.4) is 0 Å². The van der Waals surface area contributed by atoms with E-state index in [-0.39, 0.29) is 28.4 Å². The molecule has 11 heteroatoms. The number of methoxy groups -OCH3 is 2. The number of aryl methyl sites for hydroxylation is 1. The van der Waals surface area contributed by atoms with Crippen LogP contribution in [0.25, 0.3) is 0 Å². The molecule has 9 nitrogen and oxygen atoms in total. The Labute approximate surface area is 234 Å². The van der Waals surface area contributed by atoms with Crippen molar-refractivity contribution < 1.29 is 31.9 Å². The summed E-state index contributed by atoms with van der Waals surface area (Å²) in [7, 11) is -1.51. The van der Waals surface area contributed by atoms with Gasteiger partial charge in [-0.1, -0.05) is 35.9 Å². The van der Waals surface area contributed by atoms with Gasteiger partial charge in [-0.15, -0.1) is 0 Å². The van der Waals surface area contributed by atoms with E-state index in [9.17, 15) is 22.4 Å². The highest BCUT2D eigenvalue weighted by atomic mass is 32.2. The largest absolute Gasteiger partial charge is 0.497 e. The normalized spacial score (nSPS) is 11.8. The molecule has 0 saturated carbocycles. The molecule has 0 heterocycles. The van der Waals surface area contributed by atoms with Crippen LogP contribution in [0.2, 0.25) is 0 Å². The molecule has 1 N–H and O–H groups in total. The molecule has 0 saturated heterocycles. The Bertz CT molecular complexity index is 1450. The van der Waals surface area contributed by atoms with Gasteiger partial charge in [0.15, 0.2) is 0 Å². The van der Waals surface area contributed by atoms with Crippen molar-refractivity contribution in [3.05, 3.63) is 83.7 Å². The van der Waals surface area contributed by atoms with Crippen molar-refractivity contribution >= 4 is 27.5 Å². The zero-order chi connectivity index (χ0) is 29.4. The third-order valence-corrected chi connectivity index (χ3v) is 8.13. The highest BCUT2D eigenvalue weighted by Gasteiger charge is 2.34. The highest BCUT2D eigenvalue weighted by Crippen LogP contribution is 2.36. The van der Waals surface area contributed by atoms with Crippen molar-refractivity contribution in [3.8, 4) is 11.5 Å². The third kappa shape index (κ3) is 6.90. The Balaban J connectivity index is 2.13. The summed E-state index contributed by atoms with van der Waals surface area (Å²) in [4.78, 5) is 27.8. The van der Waals surface area contributed by atoms with E-state index in [1.54, 1.807) is 31.2 Å². The lowest BCUT2D eigenvalue weighted by Crippen LogP contribution is -2.51. The van der Waals surface area contributed by atoms with E-state index in [4.69, 9.17) is 9.47 Å². The molecule has 0 fully saturated rings. The standard InChI is InChI=1S/C29H34FN3O6S/c1-6-31-29(35)21(3)32(18-22-9-7-8-10-25(22)30)28(34)19-33(26-17-23(38-4)13-16-27(26)39-5)40(36,37)24-14-11-20(2)12-15-24/h7-17,21H,6,18-19H2,1-5H3,(H,31,35)/t21-/m0/s1. The van der Waals surface area contributed by atoms with Crippen molar-refractivity contribution in [2.24, 2.45) is 0 Å². The molecule has 0 aliphatic heterocycles. The fraction of sp³-hybridized carbons (Fsp3) is 0.310. The van der Waals surface area contributed by atoms with E-state index in [0.717, 1.165) is 14.8 Å². The SMILES string of the molecule is CCNC(=O)[C@H](C)N(Cc1ccccc1F)C(=O)CN(c1cc(OC)ccc1OC)S(=O)(=O)c1ccc(C)cc1. The van der Waals surface area contributed by atoms with Crippen LogP contribution < -0.4 is 19.1 Å². The Hall–Kier alpha value is -4.12. The first-order chi connectivity index (χ1) is 19.0. The summed E-state index contributed by atoms with van der Waals surface area (Å²) >= 11 is 0. The number of sulfonamides is 1. The van der Waals surface area contributed by atoms with Crippen LogP contribution in [-0.4, -0.2) is 58.5 Å². The maximum absolute atomic E-state index is 14.6. The fourth-order valence-corrected chi connectivity index (χ4v) is 5.47. The van der Waals surface area contributed by atoms with Crippen molar-refractivity contribution in [1.29, 1.82) is 0 Å². The topological polar surface area (TPSA) is 105 Å². The van der Waals surface area contributed by atoms with Gasteiger partial charge in [0.1, 0.15) is 29.9 Å². The molecule has 0 radical (unpaired) electrons. The van der Waals surface area contributed by atoms with E-state index < -0.39 is 40.2 Å². The molecule has 0 unspecified atom stereocenters. The summed E-state index contributed by atoms with van der Waals surface area (Å²) in [6.07, 6.45) is 0. The van der Waals surface area contributed by atoms with Crippen LogP contribution in [0, 0.1) is 12.7 Å². The van der Waals surface area contributed by atoms with E-state index in [1.165, 1.54) is 63.6 Å². The fourth-order valence-electron chi connectivity index (χ4n) is 4.06. The summed E-state index contributed by atoms with van der Waals surface area (Å²) in [6.45, 7) is 4.44. The Morgan fingerprint density at radius 3 is 2.27 bits per heavy atom. The van der Waals surface area contributed by atoms with Crippen LogP contribution in [-0.2, 0) is 26.2 Å². The molecule has 3 aromatic rings. The molecule has 0 spiro atoms. The number of benzene rings is 3. The quantitative estimate of drug-likeness (QED) is 0.354. The number of nitrogens with one attached hydrogen (secondary N) is 1. The molecule has 40 heavy (non-hydrogen) atoms. The van der Waals surface area contributed by atoms with Crippen LogP contribution in [0.1, 0.15) is 25.0 Å². The zero-order valence-corrected chi connectivity index (χ0v) is 24.0. The second-order valence-corrected chi connectivity index (χ2v) is 10.9. The monoisotopic (exact) mass is 571 g/mol. The number of carbonyl (C=O) groups is 2. The van der Waals surface area contributed by atoms with Gasteiger partial charge < -0.3 is 19.7 Å². The molecule has 214 valence electrons. The highest BCUT2D eigenvalue weighted by molar-refractivity contribution is 7.92. The van der Waals surface area contributed by atoms with Gasteiger partial charge in [-0.25, -0.2) is 12.8 Å². The predicted octanol–water partition coefficient (Wildman–Crippen LogP) is 3.90. The van der Waals surface area contributed by atoms with E-state index in [1.807, 2.05) is 6.92 Å². The Morgan fingerprint density at radius 2 is 1.68 bits per heavy atom. The number of amides is 2. The van der Waals surface area contributed by atoms with E-state index in [0.29, 0.717) is 12.3 Å². The number of carbonyl (C=O) groups excluding carboxylic acids is 2. The summed E-state index contributed by atoms with van der Waals surface area (Å²) in [5.41, 5.74) is 1.10. The first-order valence-electron chi connectivity index (χ1n) is 12.7. The van der Waals surface area contributed by atoms with Gasteiger partial charge in [0.2, 0.25) is 11.8 Å². The maximum atomic E-state index is 14.6. The number of likely N-dealkylation sites (N-methyl/N-ethyl adjacent to an activating group) is 1. The Morgan fingerprint density at radius 1 is 1.00 bits per heavy atom. The van der Waals surface area contributed by atoms with E-state index in [2.05, 4.69) is 5.32 Å². The minimum absolute atomic E-state index is 0.0480. The molecule has 0 bridgehead atoms. The minimum atomic E-state index is -4.32. The molecule has 3 aromatic carbocycles. The van der Waals surface area contributed by atoms with Crippen molar-refractivity contribution in [2.45, 2.75) is 38.3 Å². The predicted molar refractivity (Wildman–Crippen MR) is 150 cm³/mol. The van der Waals surface area contributed by atoms with Crippen molar-refractivity contribution in [1.82, 2.24) is 10.2 Å². The number of rotatable bonds is 12. The second-order valence-electron chi connectivity index (χ2n) is 9.05. The molecule has 0 aliphatic rings. The van der Waals surface area contributed by atoms with Crippen LogP contribution in [0.15, 0.2) is 71.6 Å². The van der Waals surface area contributed by atoms with Gasteiger partial charge in [-0.3, -0.25) is 13.9 Å². The lowest BCUT2D eigenvalue weighted by molar-refractivity contribution is -0.139. The molecule has 0 aliphatic carbocycles. The number of ether oxygens (including phenoxy) is 2. The van der Waals surface area contributed by atoms with Gasteiger partial charge in [-0.05, 0) is 51.1 Å². The van der Waals surface area contributed by atoms with Gasteiger partial charge >= 0.3 is 0 Å². The van der Waals surface area contributed by atoms with Crippen LogP contribution >= 0.6 is 0 Å². The third-order valence-electron chi connectivity index (χ3n) is 6.36. The number of anilines is 1. The summed E-state index contributed by atoms with van der Waals surface area (Å²) in [6, 6.07) is 15.6. The average molecular weight is 572 g/mol. The van der Waals surface area contributed by atoms with Gasteiger partial charge in [0.25, 0.3) is 10.0 Å². The first kappa shape index (κ1) is 30.4. The first-order valence-corrected chi connectivity index (χ1v) is 14.1. The lowest BCUT2D eigenvalue weighted by Gasteiger charge is -2.32. The Kier molecular flexibility index (Phi) is 10.1. The molecular formula is C29H34FN3O6S. The van der Waals surface area contributed by atoms with E-state index >= 15 is 0 Å².